The molecule has 1 amide bonds. The predicted molar refractivity (Wildman–Crippen MR) is 160 cm³/mol. The van der Waals surface area contributed by atoms with Gasteiger partial charge in [-0.2, -0.15) is 0 Å². The lowest BCUT2D eigenvalue weighted by Gasteiger charge is -2.35. The van der Waals surface area contributed by atoms with Gasteiger partial charge in [0.1, 0.15) is 11.4 Å². The molecule has 0 saturated heterocycles. The minimum atomic E-state index is -0.805. The summed E-state index contributed by atoms with van der Waals surface area (Å²) in [5, 5.41) is 10.5. The Kier molecular flexibility index (Phi) is 8.96. The third-order valence-corrected chi connectivity index (χ3v) is 9.90. The first kappa shape index (κ1) is 28.1. The average molecular weight is 534 g/mol. The van der Waals surface area contributed by atoms with Gasteiger partial charge in [0.15, 0.2) is 0 Å². The van der Waals surface area contributed by atoms with E-state index in [-0.39, 0.29) is 23.7 Å². The van der Waals surface area contributed by atoms with Gasteiger partial charge in [-0.25, -0.2) is 4.39 Å². The molecule has 1 heterocycles. The Hall–Kier alpha value is -2.40. The van der Waals surface area contributed by atoms with Gasteiger partial charge in [0.25, 0.3) is 5.91 Å². The Morgan fingerprint density at radius 2 is 1.82 bits per heavy atom. The van der Waals surface area contributed by atoms with Crippen molar-refractivity contribution >= 4 is 17.3 Å². The van der Waals surface area contributed by atoms with E-state index in [1.807, 2.05) is 19.1 Å². The Balaban J connectivity index is 1.19. The summed E-state index contributed by atoms with van der Waals surface area (Å²) < 4.78 is 14.8. The van der Waals surface area contributed by atoms with Crippen LogP contribution in [0.1, 0.15) is 107 Å². The summed E-state index contributed by atoms with van der Waals surface area (Å²) in [6, 6.07) is 11.8. The summed E-state index contributed by atoms with van der Waals surface area (Å²) in [4.78, 5) is 14.0. The lowest BCUT2D eigenvalue weighted by Crippen LogP contribution is -2.53. The fourth-order valence-corrected chi connectivity index (χ4v) is 7.57. The molecule has 39 heavy (non-hydrogen) atoms. The fraction of sp³-hybridized carbons (Fsp3) is 0.618. The minimum absolute atomic E-state index is 0.0431. The molecule has 2 aliphatic carbocycles. The van der Waals surface area contributed by atoms with E-state index in [0.717, 1.165) is 61.0 Å². The summed E-state index contributed by atoms with van der Waals surface area (Å²) in [6.45, 7) is 7.61. The number of hydrogen-bond donors (Lipinski definition) is 3. The Morgan fingerprint density at radius 3 is 2.56 bits per heavy atom. The monoisotopic (exact) mass is 533 g/mol. The molecule has 1 aliphatic heterocycles. The van der Waals surface area contributed by atoms with Crippen molar-refractivity contribution in [3.8, 4) is 0 Å². The molecule has 2 fully saturated rings. The van der Waals surface area contributed by atoms with E-state index in [4.69, 9.17) is 0 Å². The maximum atomic E-state index is 14.8. The zero-order valence-corrected chi connectivity index (χ0v) is 24.3. The van der Waals surface area contributed by atoms with Crippen LogP contribution < -0.4 is 16.0 Å². The van der Waals surface area contributed by atoms with Crippen LogP contribution >= 0.6 is 0 Å². The van der Waals surface area contributed by atoms with Crippen LogP contribution in [-0.4, -0.2) is 18.0 Å². The first-order valence-electron chi connectivity index (χ1n) is 15.6. The van der Waals surface area contributed by atoms with Gasteiger partial charge in [-0.15, -0.1) is 0 Å². The number of carbonyl (C=O) groups excluding carboxylic acids is 1. The van der Waals surface area contributed by atoms with Crippen molar-refractivity contribution in [1.82, 2.24) is 5.32 Å². The molecular weight excluding hydrogens is 485 g/mol. The first-order chi connectivity index (χ1) is 18.9. The number of rotatable bonds is 11. The van der Waals surface area contributed by atoms with Gasteiger partial charge in [0, 0.05) is 29.4 Å². The second kappa shape index (κ2) is 12.4. The maximum absolute atomic E-state index is 14.8. The van der Waals surface area contributed by atoms with Gasteiger partial charge >= 0.3 is 0 Å². The smallest absolute Gasteiger partial charge is 0.250 e. The highest BCUT2D eigenvalue weighted by atomic mass is 19.1. The van der Waals surface area contributed by atoms with Crippen LogP contribution in [-0.2, 0) is 11.2 Å². The van der Waals surface area contributed by atoms with Crippen molar-refractivity contribution < 1.29 is 9.18 Å². The molecule has 3 aliphatic rings. The molecule has 0 spiro atoms. The average Bonchev–Trinajstić information content (AvgIpc) is 3.70. The number of fused-ring (bicyclic) bond motifs is 1. The van der Waals surface area contributed by atoms with Crippen LogP contribution in [0, 0.1) is 30.5 Å². The van der Waals surface area contributed by atoms with Crippen LogP contribution in [0.15, 0.2) is 36.4 Å². The van der Waals surface area contributed by atoms with Gasteiger partial charge in [-0.1, -0.05) is 63.6 Å². The Morgan fingerprint density at radius 1 is 1.08 bits per heavy atom. The molecule has 0 bridgehead atoms. The zero-order chi connectivity index (χ0) is 27.4. The van der Waals surface area contributed by atoms with Crippen LogP contribution in [0.25, 0.3) is 0 Å². The van der Waals surface area contributed by atoms with Crippen LogP contribution in [0.5, 0.6) is 0 Å². The lowest BCUT2D eigenvalue weighted by molar-refractivity contribution is -0.121. The molecule has 2 aromatic carbocycles. The summed E-state index contributed by atoms with van der Waals surface area (Å²) in [7, 11) is 0. The SMILES string of the molecule is Cc1ccc(F)c2c1NC(C(=O)Nc1cccc(C(C)NCCCC(C)CC3CCCC3)c1)(C1CCCC1)C2. The number of anilines is 2. The van der Waals surface area contributed by atoms with Crippen molar-refractivity contribution in [2.45, 2.75) is 109 Å². The largest absolute Gasteiger partial charge is 0.370 e. The Labute approximate surface area is 234 Å². The predicted octanol–water partition coefficient (Wildman–Crippen LogP) is 8.32. The number of halogens is 1. The molecule has 2 aromatic rings. The van der Waals surface area contributed by atoms with E-state index in [9.17, 15) is 9.18 Å². The second-order valence-corrected chi connectivity index (χ2v) is 12.9. The zero-order valence-electron chi connectivity index (χ0n) is 24.3. The van der Waals surface area contributed by atoms with E-state index in [0.29, 0.717) is 12.0 Å². The summed E-state index contributed by atoms with van der Waals surface area (Å²) in [5.74, 6) is 1.71. The third kappa shape index (κ3) is 6.34. The maximum Gasteiger partial charge on any atom is 0.250 e. The molecule has 3 N–H and O–H groups in total. The fourth-order valence-electron chi connectivity index (χ4n) is 7.57. The highest BCUT2D eigenvalue weighted by Crippen LogP contribution is 2.46. The first-order valence-corrected chi connectivity index (χ1v) is 15.6. The third-order valence-electron chi connectivity index (χ3n) is 9.90. The molecule has 0 radical (unpaired) electrons. The van der Waals surface area contributed by atoms with Gasteiger partial charge in [-0.3, -0.25) is 4.79 Å². The highest BCUT2D eigenvalue weighted by Gasteiger charge is 2.51. The molecule has 3 unspecified atom stereocenters. The molecule has 5 heteroatoms. The van der Waals surface area contributed by atoms with Gasteiger partial charge in [0.05, 0.1) is 0 Å². The summed E-state index contributed by atoms with van der Waals surface area (Å²) in [5.41, 5.74) is 3.63. The molecule has 3 atom stereocenters. The Bertz CT molecular complexity index is 1100. The van der Waals surface area contributed by atoms with Crippen molar-refractivity contribution in [1.29, 1.82) is 0 Å². The number of aryl methyl sites for hydroxylation is 1. The molecular formula is C34H48FN3O. The quantitative estimate of drug-likeness (QED) is 0.255. The topological polar surface area (TPSA) is 53.2 Å². The number of nitrogens with one attached hydrogen (secondary N) is 3. The van der Waals surface area contributed by atoms with Gasteiger partial charge in [-0.05, 0) is 99.6 Å². The van der Waals surface area contributed by atoms with Crippen LogP contribution in [0.2, 0.25) is 0 Å². The van der Waals surface area contributed by atoms with E-state index in [1.54, 1.807) is 6.07 Å². The molecule has 0 aromatic heterocycles. The van der Waals surface area contributed by atoms with Crippen molar-refractivity contribution in [3.63, 3.8) is 0 Å². The van der Waals surface area contributed by atoms with Crippen LogP contribution in [0.3, 0.4) is 0 Å². The molecule has 4 nitrogen and oxygen atoms in total. The summed E-state index contributed by atoms with van der Waals surface area (Å²) >= 11 is 0. The van der Waals surface area contributed by atoms with E-state index < -0.39 is 5.54 Å². The number of benzene rings is 2. The van der Waals surface area contributed by atoms with Crippen molar-refractivity contribution in [2.75, 3.05) is 17.2 Å². The van der Waals surface area contributed by atoms with E-state index >= 15 is 0 Å². The highest BCUT2D eigenvalue weighted by molar-refractivity contribution is 6.02. The normalized spacial score (nSPS) is 23.0. The number of amides is 1. The van der Waals surface area contributed by atoms with Crippen LogP contribution in [0.4, 0.5) is 15.8 Å². The number of hydrogen-bond acceptors (Lipinski definition) is 3. The summed E-state index contributed by atoms with van der Waals surface area (Å²) in [6.07, 6.45) is 14.3. The van der Waals surface area contributed by atoms with E-state index in [2.05, 4.69) is 41.9 Å². The minimum Gasteiger partial charge on any atom is -0.370 e. The lowest BCUT2D eigenvalue weighted by atomic mass is 9.79. The standard InChI is InChI=1S/C34H48FN3O/c1-23(20-26-11-4-5-12-26)10-9-19-36-25(3)27-13-8-16-29(21-27)37-33(39)34(28-14-6-7-15-28)22-30-31(35)18-17-24(2)32(30)38-34/h8,13,16-18,21,23,25-26,28,36,38H,4-7,9-12,14-15,19-20,22H2,1-3H3,(H,37,39). The molecule has 2 saturated carbocycles. The second-order valence-electron chi connectivity index (χ2n) is 12.9. The van der Waals surface area contributed by atoms with E-state index in [1.165, 1.54) is 56.6 Å². The molecule has 212 valence electrons. The van der Waals surface area contributed by atoms with Gasteiger partial charge in [0.2, 0.25) is 0 Å². The van der Waals surface area contributed by atoms with Crippen molar-refractivity contribution in [2.24, 2.45) is 17.8 Å². The van der Waals surface area contributed by atoms with Gasteiger partial charge < -0.3 is 16.0 Å². The van der Waals surface area contributed by atoms with Crippen molar-refractivity contribution in [3.05, 3.63) is 58.9 Å². The molecule has 5 rings (SSSR count). The number of carbonyl (C=O) groups is 1.